The normalized spacial score (nSPS) is 18.4. The van der Waals surface area contributed by atoms with Gasteiger partial charge in [0.15, 0.2) is 5.01 Å². The van der Waals surface area contributed by atoms with E-state index in [0.717, 1.165) is 97.0 Å². The standard InChI is InChI=1S/C30H33N7O3S/c1-36-10-8-25-24(18-36)35-30(41-25)29(38)34-21-6-4-5-19(13-21)14-31-28-22-9-12-40-27(22)23(16-32-28)20-15-33-37(17-20)26-7-2-3-11-39-26/h4-6,13,15-17,26H,2-3,7-12,14,18H2,1H3,(H,31,32)(H,34,38). The molecule has 41 heavy (non-hydrogen) atoms. The number of amides is 1. The summed E-state index contributed by atoms with van der Waals surface area (Å²) < 4.78 is 13.9. The lowest BCUT2D eigenvalue weighted by Crippen LogP contribution is -2.25. The second kappa shape index (κ2) is 11.2. The molecule has 3 aliphatic heterocycles. The Balaban J connectivity index is 1.03. The van der Waals surface area contributed by atoms with Crippen LogP contribution in [0.1, 0.15) is 57.0 Å². The number of likely N-dealkylation sites (N-methyl/N-ethyl adjacent to an activating group) is 1. The van der Waals surface area contributed by atoms with Crippen molar-refractivity contribution >= 4 is 28.7 Å². The fourth-order valence-electron chi connectivity index (χ4n) is 5.67. The highest BCUT2D eigenvalue weighted by Gasteiger charge is 2.25. The average molecular weight is 572 g/mol. The van der Waals surface area contributed by atoms with Crippen LogP contribution < -0.4 is 15.4 Å². The summed E-state index contributed by atoms with van der Waals surface area (Å²) in [6, 6.07) is 7.87. The zero-order valence-electron chi connectivity index (χ0n) is 23.1. The third-order valence-corrected chi connectivity index (χ3v) is 9.00. The monoisotopic (exact) mass is 571 g/mol. The van der Waals surface area contributed by atoms with Crippen LogP contribution in [-0.2, 0) is 30.7 Å². The topological polar surface area (TPSA) is 106 Å². The molecule has 6 heterocycles. The summed E-state index contributed by atoms with van der Waals surface area (Å²) in [7, 11) is 2.08. The van der Waals surface area contributed by atoms with Gasteiger partial charge in [-0.15, -0.1) is 11.3 Å². The number of pyridine rings is 1. The van der Waals surface area contributed by atoms with E-state index in [0.29, 0.717) is 18.2 Å². The van der Waals surface area contributed by atoms with Gasteiger partial charge in [-0.1, -0.05) is 12.1 Å². The molecule has 0 bridgehead atoms. The number of ether oxygens (including phenoxy) is 2. The Kier molecular flexibility index (Phi) is 7.15. The van der Waals surface area contributed by atoms with Gasteiger partial charge in [0.1, 0.15) is 17.8 Å². The first-order valence-corrected chi connectivity index (χ1v) is 15.0. The van der Waals surface area contributed by atoms with Crippen LogP contribution >= 0.6 is 11.3 Å². The van der Waals surface area contributed by atoms with E-state index in [1.54, 1.807) is 0 Å². The molecular weight excluding hydrogens is 538 g/mol. The number of benzene rings is 1. The first-order valence-electron chi connectivity index (χ1n) is 14.2. The molecule has 0 aliphatic carbocycles. The first-order chi connectivity index (χ1) is 20.1. The molecule has 4 aromatic rings. The molecule has 1 amide bonds. The SMILES string of the molecule is CN1CCc2sc(C(=O)Nc3cccc(CNc4ncc(-c5cnn(C6CCCCO6)c5)c5c4CCO5)c3)nc2C1. The van der Waals surface area contributed by atoms with Crippen molar-refractivity contribution in [3.05, 3.63) is 69.6 Å². The van der Waals surface area contributed by atoms with Gasteiger partial charge in [-0.25, -0.2) is 14.6 Å². The Hall–Kier alpha value is -3.80. The third kappa shape index (κ3) is 5.44. The van der Waals surface area contributed by atoms with Gasteiger partial charge in [0.05, 0.1) is 18.5 Å². The van der Waals surface area contributed by atoms with Crippen molar-refractivity contribution in [2.24, 2.45) is 0 Å². The van der Waals surface area contributed by atoms with Gasteiger partial charge in [-0.05, 0) is 50.4 Å². The summed E-state index contributed by atoms with van der Waals surface area (Å²) in [6.07, 6.45) is 10.7. The van der Waals surface area contributed by atoms with E-state index in [-0.39, 0.29) is 12.1 Å². The maximum absolute atomic E-state index is 12.9. The first kappa shape index (κ1) is 26.1. The maximum atomic E-state index is 12.9. The van der Waals surface area contributed by atoms with Crippen LogP contribution in [0.4, 0.5) is 11.5 Å². The van der Waals surface area contributed by atoms with E-state index in [2.05, 4.69) is 32.7 Å². The number of hydrogen-bond donors (Lipinski definition) is 2. The van der Waals surface area contributed by atoms with Crippen LogP contribution in [0.3, 0.4) is 0 Å². The molecule has 1 aromatic carbocycles. The Labute approximate surface area is 242 Å². The van der Waals surface area contributed by atoms with Gasteiger partial charge < -0.3 is 25.0 Å². The van der Waals surface area contributed by atoms with E-state index >= 15 is 0 Å². The summed E-state index contributed by atoms with van der Waals surface area (Å²) in [5.41, 5.74) is 5.81. The Morgan fingerprint density at radius 2 is 2.15 bits per heavy atom. The van der Waals surface area contributed by atoms with E-state index in [1.807, 2.05) is 47.5 Å². The zero-order valence-corrected chi connectivity index (χ0v) is 23.9. The van der Waals surface area contributed by atoms with Crippen LogP contribution in [0.2, 0.25) is 0 Å². The summed E-state index contributed by atoms with van der Waals surface area (Å²) in [5.74, 6) is 1.52. The number of thiazole rings is 1. The molecule has 7 rings (SSSR count). The molecule has 0 radical (unpaired) electrons. The van der Waals surface area contributed by atoms with Gasteiger partial charge in [-0.2, -0.15) is 5.10 Å². The number of carbonyl (C=O) groups is 1. The van der Waals surface area contributed by atoms with Crippen LogP contribution in [0.15, 0.2) is 42.9 Å². The van der Waals surface area contributed by atoms with Crippen molar-refractivity contribution in [3.8, 4) is 16.9 Å². The molecule has 2 N–H and O–H groups in total. The number of carbonyl (C=O) groups excluding carboxylic acids is 1. The Bertz CT molecular complexity index is 1580. The molecule has 1 unspecified atom stereocenters. The minimum Gasteiger partial charge on any atom is -0.492 e. The molecule has 212 valence electrons. The summed E-state index contributed by atoms with van der Waals surface area (Å²) in [6.45, 7) is 3.76. The van der Waals surface area contributed by atoms with Crippen molar-refractivity contribution < 1.29 is 14.3 Å². The van der Waals surface area contributed by atoms with Crippen LogP contribution in [0.25, 0.3) is 11.1 Å². The maximum Gasteiger partial charge on any atom is 0.284 e. The summed E-state index contributed by atoms with van der Waals surface area (Å²) >= 11 is 1.50. The largest absolute Gasteiger partial charge is 0.492 e. The van der Waals surface area contributed by atoms with Crippen LogP contribution in [-0.4, -0.2) is 57.4 Å². The Morgan fingerprint density at radius 3 is 3.05 bits per heavy atom. The number of hydrogen-bond acceptors (Lipinski definition) is 9. The highest BCUT2D eigenvalue weighted by atomic mass is 32.1. The fourth-order valence-corrected chi connectivity index (χ4v) is 6.62. The summed E-state index contributed by atoms with van der Waals surface area (Å²) in [4.78, 5) is 25.8. The van der Waals surface area contributed by atoms with Gasteiger partial charge in [0, 0.05) is 72.3 Å². The van der Waals surface area contributed by atoms with Crippen molar-refractivity contribution in [3.63, 3.8) is 0 Å². The lowest BCUT2D eigenvalue weighted by molar-refractivity contribution is -0.0394. The van der Waals surface area contributed by atoms with E-state index in [4.69, 9.17) is 14.5 Å². The highest BCUT2D eigenvalue weighted by molar-refractivity contribution is 7.13. The lowest BCUT2D eigenvalue weighted by atomic mass is 10.1. The van der Waals surface area contributed by atoms with Crippen molar-refractivity contribution in [1.82, 2.24) is 24.6 Å². The smallest absolute Gasteiger partial charge is 0.284 e. The summed E-state index contributed by atoms with van der Waals surface area (Å²) in [5, 5.41) is 11.6. The van der Waals surface area contributed by atoms with Gasteiger partial charge in [0.25, 0.3) is 5.91 Å². The average Bonchev–Trinajstić information content (AvgIpc) is 3.76. The number of nitrogens with one attached hydrogen (secondary N) is 2. The quantitative estimate of drug-likeness (QED) is 0.323. The lowest BCUT2D eigenvalue weighted by Gasteiger charge is -2.22. The Morgan fingerprint density at radius 1 is 1.20 bits per heavy atom. The van der Waals surface area contributed by atoms with Crippen molar-refractivity contribution in [1.29, 1.82) is 0 Å². The number of aromatic nitrogens is 4. The molecule has 3 aromatic heterocycles. The minimum absolute atomic E-state index is 0.00479. The minimum atomic E-state index is -0.164. The van der Waals surface area contributed by atoms with Crippen LogP contribution in [0, 0.1) is 0 Å². The molecule has 10 nitrogen and oxygen atoms in total. The molecular formula is C30H33N7O3S. The number of nitrogens with zero attached hydrogens (tertiary/aromatic N) is 5. The molecule has 3 aliphatic rings. The molecule has 0 saturated carbocycles. The van der Waals surface area contributed by atoms with E-state index in [1.165, 1.54) is 16.2 Å². The second-order valence-corrected chi connectivity index (χ2v) is 11.9. The number of rotatable bonds is 7. The van der Waals surface area contributed by atoms with Crippen LogP contribution in [0.5, 0.6) is 5.75 Å². The number of fused-ring (bicyclic) bond motifs is 2. The van der Waals surface area contributed by atoms with Crippen molar-refractivity contribution in [2.45, 2.75) is 51.4 Å². The molecule has 1 fully saturated rings. The molecule has 11 heteroatoms. The number of anilines is 2. The second-order valence-electron chi connectivity index (χ2n) is 10.8. The van der Waals surface area contributed by atoms with Crippen molar-refractivity contribution in [2.75, 3.05) is 37.4 Å². The predicted molar refractivity (Wildman–Crippen MR) is 157 cm³/mol. The van der Waals surface area contributed by atoms with E-state index in [9.17, 15) is 4.79 Å². The predicted octanol–water partition coefficient (Wildman–Crippen LogP) is 4.89. The van der Waals surface area contributed by atoms with Gasteiger partial charge >= 0.3 is 0 Å². The molecule has 1 atom stereocenters. The van der Waals surface area contributed by atoms with Gasteiger partial charge in [-0.3, -0.25) is 4.79 Å². The third-order valence-electron chi connectivity index (χ3n) is 7.85. The molecule has 1 saturated heterocycles. The highest BCUT2D eigenvalue weighted by Crippen LogP contribution is 2.40. The molecule has 0 spiro atoms. The zero-order chi connectivity index (χ0) is 27.8. The fraction of sp³-hybridized carbons (Fsp3) is 0.400. The van der Waals surface area contributed by atoms with E-state index < -0.39 is 0 Å². The van der Waals surface area contributed by atoms with Gasteiger partial charge in [0.2, 0.25) is 0 Å².